The van der Waals surface area contributed by atoms with Crippen LogP contribution in [0.25, 0.3) is 0 Å². The number of morpholine rings is 1. The molecule has 3 rings (SSSR count). The predicted molar refractivity (Wildman–Crippen MR) is 56.2 cm³/mol. The second-order valence-corrected chi connectivity index (χ2v) is 5.28. The SMILES string of the molecule is C1CC(C2(C3CCC3)COCCN2)C1. The second-order valence-electron chi connectivity index (χ2n) is 5.28. The maximum atomic E-state index is 5.74. The normalized spacial score (nSPS) is 33.4. The number of ether oxygens (including phenoxy) is 1. The number of rotatable bonds is 2. The van der Waals surface area contributed by atoms with Crippen molar-refractivity contribution in [1.82, 2.24) is 5.32 Å². The summed E-state index contributed by atoms with van der Waals surface area (Å²) < 4.78 is 5.74. The van der Waals surface area contributed by atoms with Crippen LogP contribution in [0.3, 0.4) is 0 Å². The van der Waals surface area contributed by atoms with Gasteiger partial charge >= 0.3 is 0 Å². The van der Waals surface area contributed by atoms with Crippen molar-refractivity contribution in [3.8, 4) is 0 Å². The van der Waals surface area contributed by atoms with Gasteiger partial charge in [0.05, 0.1) is 13.2 Å². The molecule has 14 heavy (non-hydrogen) atoms. The van der Waals surface area contributed by atoms with Gasteiger partial charge in [-0.15, -0.1) is 0 Å². The fraction of sp³-hybridized carbons (Fsp3) is 1.00. The van der Waals surface area contributed by atoms with E-state index in [1.54, 1.807) is 0 Å². The molecule has 0 radical (unpaired) electrons. The first-order valence-corrected chi connectivity index (χ1v) is 6.24. The highest BCUT2D eigenvalue weighted by atomic mass is 16.5. The van der Waals surface area contributed by atoms with Crippen LogP contribution in [0.5, 0.6) is 0 Å². The molecule has 2 nitrogen and oxygen atoms in total. The minimum absolute atomic E-state index is 0.398. The maximum Gasteiger partial charge on any atom is 0.0654 e. The molecule has 0 unspecified atom stereocenters. The Balaban J connectivity index is 1.76. The molecule has 2 heteroatoms. The zero-order valence-corrected chi connectivity index (χ0v) is 8.93. The molecule has 80 valence electrons. The Kier molecular flexibility index (Phi) is 2.29. The largest absolute Gasteiger partial charge is 0.378 e. The summed E-state index contributed by atoms with van der Waals surface area (Å²) >= 11 is 0. The van der Waals surface area contributed by atoms with Crippen LogP contribution in [0, 0.1) is 11.8 Å². The van der Waals surface area contributed by atoms with Crippen molar-refractivity contribution in [3.63, 3.8) is 0 Å². The van der Waals surface area contributed by atoms with E-state index in [2.05, 4.69) is 5.32 Å². The van der Waals surface area contributed by atoms with E-state index in [1.165, 1.54) is 38.5 Å². The van der Waals surface area contributed by atoms with Crippen LogP contribution >= 0.6 is 0 Å². The van der Waals surface area contributed by atoms with Crippen LogP contribution in [-0.2, 0) is 4.74 Å². The van der Waals surface area contributed by atoms with Gasteiger partial charge in [-0.2, -0.15) is 0 Å². The highest BCUT2D eigenvalue weighted by Crippen LogP contribution is 2.47. The van der Waals surface area contributed by atoms with Gasteiger partial charge in [-0.25, -0.2) is 0 Å². The molecule has 0 aromatic rings. The van der Waals surface area contributed by atoms with E-state index in [4.69, 9.17) is 4.74 Å². The van der Waals surface area contributed by atoms with Crippen LogP contribution in [0.1, 0.15) is 38.5 Å². The molecule has 3 fully saturated rings. The number of nitrogens with one attached hydrogen (secondary N) is 1. The average Bonchev–Trinajstić information content (AvgIpc) is 1.98. The van der Waals surface area contributed by atoms with Crippen LogP contribution in [0.4, 0.5) is 0 Å². The molecule has 2 saturated carbocycles. The van der Waals surface area contributed by atoms with Crippen LogP contribution in [0.2, 0.25) is 0 Å². The third-order valence-corrected chi connectivity index (χ3v) is 4.71. The second kappa shape index (κ2) is 3.49. The Labute approximate surface area is 86.4 Å². The molecule has 3 aliphatic rings. The van der Waals surface area contributed by atoms with Crippen molar-refractivity contribution < 1.29 is 4.74 Å². The summed E-state index contributed by atoms with van der Waals surface area (Å²) in [6, 6.07) is 0. The predicted octanol–water partition coefficient (Wildman–Crippen LogP) is 1.95. The fourth-order valence-corrected chi connectivity index (χ4v) is 3.35. The van der Waals surface area contributed by atoms with E-state index in [0.29, 0.717) is 5.54 Å². The van der Waals surface area contributed by atoms with Crippen molar-refractivity contribution in [3.05, 3.63) is 0 Å². The van der Waals surface area contributed by atoms with Crippen molar-refractivity contribution in [2.75, 3.05) is 19.8 Å². The Morgan fingerprint density at radius 1 is 1.00 bits per heavy atom. The molecule has 0 aromatic heterocycles. The minimum Gasteiger partial charge on any atom is -0.378 e. The lowest BCUT2D eigenvalue weighted by Gasteiger charge is -2.55. The van der Waals surface area contributed by atoms with Crippen molar-refractivity contribution >= 4 is 0 Å². The Morgan fingerprint density at radius 2 is 1.64 bits per heavy atom. The first-order valence-electron chi connectivity index (χ1n) is 6.24. The lowest BCUT2D eigenvalue weighted by Crippen LogP contribution is -2.65. The zero-order chi connectivity index (χ0) is 9.43. The third-order valence-electron chi connectivity index (χ3n) is 4.71. The van der Waals surface area contributed by atoms with E-state index in [1.807, 2.05) is 0 Å². The van der Waals surface area contributed by atoms with E-state index in [9.17, 15) is 0 Å². The van der Waals surface area contributed by atoms with E-state index in [-0.39, 0.29) is 0 Å². The highest BCUT2D eigenvalue weighted by Gasteiger charge is 2.50. The van der Waals surface area contributed by atoms with Gasteiger partial charge in [-0.3, -0.25) is 0 Å². The third kappa shape index (κ3) is 1.24. The average molecular weight is 195 g/mol. The molecular weight excluding hydrogens is 174 g/mol. The van der Waals surface area contributed by atoms with Gasteiger partial charge in [0.1, 0.15) is 0 Å². The van der Waals surface area contributed by atoms with Gasteiger partial charge in [-0.05, 0) is 37.5 Å². The molecule has 0 bridgehead atoms. The summed E-state index contributed by atoms with van der Waals surface area (Å²) in [6.07, 6.45) is 8.64. The van der Waals surface area contributed by atoms with Crippen molar-refractivity contribution in [1.29, 1.82) is 0 Å². The van der Waals surface area contributed by atoms with Gasteiger partial charge < -0.3 is 10.1 Å². The summed E-state index contributed by atoms with van der Waals surface area (Å²) in [6.45, 7) is 2.98. The van der Waals surface area contributed by atoms with Gasteiger partial charge in [0.2, 0.25) is 0 Å². The summed E-state index contributed by atoms with van der Waals surface area (Å²) in [7, 11) is 0. The highest BCUT2D eigenvalue weighted by molar-refractivity contribution is 5.05. The zero-order valence-electron chi connectivity index (χ0n) is 8.93. The molecule has 1 saturated heterocycles. The maximum absolute atomic E-state index is 5.74. The molecule has 0 atom stereocenters. The number of hydrogen-bond acceptors (Lipinski definition) is 2. The first kappa shape index (κ1) is 9.17. The molecule has 1 aliphatic heterocycles. The van der Waals surface area contributed by atoms with E-state index in [0.717, 1.165) is 31.6 Å². The Bertz CT molecular complexity index is 186. The quantitative estimate of drug-likeness (QED) is 0.727. The topological polar surface area (TPSA) is 21.3 Å². The first-order chi connectivity index (χ1) is 6.92. The molecule has 1 heterocycles. The summed E-state index contributed by atoms with van der Waals surface area (Å²) in [5.41, 5.74) is 0.398. The van der Waals surface area contributed by atoms with Crippen molar-refractivity contribution in [2.24, 2.45) is 11.8 Å². The summed E-state index contributed by atoms with van der Waals surface area (Å²) in [5.74, 6) is 1.85. The standard InChI is InChI=1S/C12H21NO/c1-3-10(4-1)12(11-5-2-6-11)9-14-8-7-13-12/h10-11,13H,1-9H2. The van der Waals surface area contributed by atoms with Crippen LogP contribution < -0.4 is 5.32 Å². The van der Waals surface area contributed by atoms with Crippen molar-refractivity contribution in [2.45, 2.75) is 44.1 Å². The Hall–Kier alpha value is -0.0800. The number of hydrogen-bond donors (Lipinski definition) is 1. The molecule has 0 amide bonds. The molecular formula is C12H21NO. The lowest BCUT2D eigenvalue weighted by molar-refractivity contribution is -0.0728. The molecule has 2 aliphatic carbocycles. The molecule has 1 N–H and O–H groups in total. The summed E-state index contributed by atoms with van der Waals surface area (Å²) in [5, 5.41) is 3.81. The summed E-state index contributed by atoms with van der Waals surface area (Å²) in [4.78, 5) is 0. The fourth-order valence-electron chi connectivity index (χ4n) is 3.35. The Morgan fingerprint density at radius 3 is 2.00 bits per heavy atom. The molecule has 0 spiro atoms. The molecule has 0 aromatic carbocycles. The van der Waals surface area contributed by atoms with Gasteiger partial charge in [0.25, 0.3) is 0 Å². The van der Waals surface area contributed by atoms with Gasteiger partial charge in [0.15, 0.2) is 0 Å². The minimum atomic E-state index is 0.398. The smallest absolute Gasteiger partial charge is 0.0654 e. The lowest BCUT2D eigenvalue weighted by atomic mass is 9.59. The van der Waals surface area contributed by atoms with Gasteiger partial charge in [0, 0.05) is 12.1 Å². The van der Waals surface area contributed by atoms with Crippen LogP contribution in [0.15, 0.2) is 0 Å². The van der Waals surface area contributed by atoms with Gasteiger partial charge in [-0.1, -0.05) is 12.8 Å². The van der Waals surface area contributed by atoms with Crippen LogP contribution in [-0.4, -0.2) is 25.3 Å². The van der Waals surface area contributed by atoms with E-state index >= 15 is 0 Å². The van der Waals surface area contributed by atoms with E-state index < -0.39 is 0 Å². The monoisotopic (exact) mass is 195 g/mol.